The minimum Gasteiger partial charge on any atom is -0.278 e. The molecule has 0 aliphatic rings. The van der Waals surface area contributed by atoms with Gasteiger partial charge >= 0.3 is 0 Å². The van der Waals surface area contributed by atoms with E-state index < -0.39 is 0 Å². The zero-order valence-electron chi connectivity index (χ0n) is 9.20. The zero-order valence-corrected chi connectivity index (χ0v) is 11.5. The normalized spacial score (nSPS) is 10.8. The van der Waals surface area contributed by atoms with Gasteiger partial charge in [-0.05, 0) is 35.9 Å². The number of nitrogens with zero attached hydrogens (tertiary/aromatic N) is 1. The van der Waals surface area contributed by atoms with Crippen molar-refractivity contribution in [2.75, 3.05) is 5.43 Å². The molecule has 2 rings (SSSR count). The maximum absolute atomic E-state index is 5.89. The third-order valence-electron chi connectivity index (χ3n) is 2.18. The molecule has 0 fully saturated rings. The number of hydrogen-bond acceptors (Lipinski definition) is 2. The summed E-state index contributed by atoms with van der Waals surface area (Å²) in [7, 11) is 0. The third-order valence-corrected chi connectivity index (χ3v) is 3.15. The molecular weight excluding hydrogens is 291 g/mol. The summed E-state index contributed by atoms with van der Waals surface area (Å²) in [6, 6.07) is 12.6. The van der Waals surface area contributed by atoms with Gasteiger partial charge in [0.15, 0.2) is 0 Å². The Balaban J connectivity index is 2.05. The Bertz CT molecular complexity index is 582. The maximum Gasteiger partial charge on any atom is 0.0613 e. The van der Waals surface area contributed by atoms with E-state index in [2.05, 4.69) is 10.5 Å². The molecule has 0 aliphatic carbocycles. The van der Waals surface area contributed by atoms with Crippen LogP contribution in [-0.4, -0.2) is 6.21 Å². The van der Waals surface area contributed by atoms with Crippen LogP contribution in [0, 0.1) is 0 Å². The van der Waals surface area contributed by atoms with E-state index in [0.717, 1.165) is 11.3 Å². The Morgan fingerprint density at radius 3 is 2.50 bits per heavy atom. The van der Waals surface area contributed by atoms with Gasteiger partial charge in [-0.2, -0.15) is 5.10 Å². The quantitative estimate of drug-likeness (QED) is 0.619. The van der Waals surface area contributed by atoms with Crippen molar-refractivity contribution in [3.8, 4) is 0 Å². The number of hydrazone groups is 1. The van der Waals surface area contributed by atoms with Crippen LogP contribution >= 0.6 is 34.8 Å². The summed E-state index contributed by atoms with van der Waals surface area (Å²) in [4.78, 5) is 0. The third kappa shape index (κ3) is 3.64. The minimum atomic E-state index is 0.486. The minimum absolute atomic E-state index is 0.486. The van der Waals surface area contributed by atoms with Crippen molar-refractivity contribution in [3.63, 3.8) is 0 Å². The smallest absolute Gasteiger partial charge is 0.0613 e. The lowest BCUT2D eigenvalue weighted by molar-refractivity contribution is 1.35. The van der Waals surface area contributed by atoms with Crippen LogP contribution < -0.4 is 5.43 Å². The average molecular weight is 300 g/mol. The molecule has 0 saturated carbocycles. The maximum atomic E-state index is 5.89. The van der Waals surface area contributed by atoms with Crippen LogP contribution in [0.1, 0.15) is 5.56 Å². The van der Waals surface area contributed by atoms with Gasteiger partial charge in [-0.25, -0.2) is 0 Å². The summed E-state index contributed by atoms with van der Waals surface area (Å²) >= 11 is 17.6. The van der Waals surface area contributed by atoms with Crippen molar-refractivity contribution in [2.24, 2.45) is 5.10 Å². The lowest BCUT2D eigenvalue weighted by Gasteiger charge is -2.01. The summed E-state index contributed by atoms with van der Waals surface area (Å²) in [5, 5.41) is 5.76. The predicted molar refractivity (Wildman–Crippen MR) is 79.1 cm³/mol. The van der Waals surface area contributed by atoms with Crippen LogP contribution in [0.2, 0.25) is 15.1 Å². The Morgan fingerprint density at radius 1 is 0.944 bits per heavy atom. The molecule has 0 amide bonds. The van der Waals surface area contributed by atoms with Gasteiger partial charge in [-0.3, -0.25) is 5.43 Å². The van der Waals surface area contributed by atoms with Crippen LogP contribution in [-0.2, 0) is 0 Å². The van der Waals surface area contributed by atoms with E-state index >= 15 is 0 Å². The highest BCUT2D eigenvalue weighted by Crippen LogP contribution is 2.24. The molecule has 2 aromatic carbocycles. The number of nitrogens with one attached hydrogen (secondary N) is 1. The largest absolute Gasteiger partial charge is 0.278 e. The van der Waals surface area contributed by atoms with Crippen LogP contribution in [0.15, 0.2) is 47.6 Å². The number of rotatable bonds is 3. The first-order chi connectivity index (χ1) is 8.65. The SMILES string of the molecule is Clc1cccc(/C=N\Nc2ccc(Cl)c(Cl)c2)c1. The van der Waals surface area contributed by atoms with Crippen molar-refractivity contribution >= 4 is 46.7 Å². The summed E-state index contributed by atoms with van der Waals surface area (Å²) in [6.45, 7) is 0. The van der Waals surface area contributed by atoms with Gasteiger partial charge in [0, 0.05) is 5.02 Å². The Labute approximate surface area is 120 Å². The van der Waals surface area contributed by atoms with Crippen molar-refractivity contribution in [2.45, 2.75) is 0 Å². The van der Waals surface area contributed by atoms with E-state index in [-0.39, 0.29) is 0 Å². The molecule has 0 aliphatic heterocycles. The highest BCUT2D eigenvalue weighted by atomic mass is 35.5. The van der Waals surface area contributed by atoms with Gasteiger partial charge in [0.2, 0.25) is 0 Å². The van der Waals surface area contributed by atoms with Gasteiger partial charge in [0.25, 0.3) is 0 Å². The molecule has 92 valence electrons. The highest BCUT2D eigenvalue weighted by molar-refractivity contribution is 6.42. The molecule has 0 aromatic heterocycles. The van der Waals surface area contributed by atoms with E-state index in [0.29, 0.717) is 15.1 Å². The lowest BCUT2D eigenvalue weighted by atomic mass is 10.2. The van der Waals surface area contributed by atoms with E-state index in [9.17, 15) is 0 Å². The number of anilines is 1. The van der Waals surface area contributed by atoms with Gasteiger partial charge in [-0.15, -0.1) is 0 Å². The molecule has 0 atom stereocenters. The number of benzene rings is 2. The predicted octanol–water partition coefficient (Wildman–Crippen LogP) is 5.09. The van der Waals surface area contributed by atoms with Crippen molar-refractivity contribution in [3.05, 3.63) is 63.1 Å². The van der Waals surface area contributed by atoms with Gasteiger partial charge < -0.3 is 0 Å². The molecule has 0 spiro atoms. The number of halogens is 3. The van der Waals surface area contributed by atoms with Crippen molar-refractivity contribution in [1.29, 1.82) is 0 Å². The monoisotopic (exact) mass is 298 g/mol. The van der Waals surface area contributed by atoms with Crippen LogP contribution in [0.4, 0.5) is 5.69 Å². The van der Waals surface area contributed by atoms with E-state index in [1.807, 2.05) is 24.3 Å². The molecule has 0 radical (unpaired) electrons. The standard InChI is InChI=1S/C13H9Cl3N2/c14-10-3-1-2-9(6-10)8-17-18-11-4-5-12(15)13(16)7-11/h1-8,18H/b17-8-. The molecule has 2 nitrogen and oxygen atoms in total. The Morgan fingerprint density at radius 2 is 1.78 bits per heavy atom. The first-order valence-corrected chi connectivity index (χ1v) is 6.28. The first kappa shape index (κ1) is 13.2. The van der Waals surface area contributed by atoms with Gasteiger partial charge in [0.05, 0.1) is 21.9 Å². The van der Waals surface area contributed by atoms with E-state index in [4.69, 9.17) is 34.8 Å². The second-order valence-electron chi connectivity index (χ2n) is 3.55. The second kappa shape index (κ2) is 6.10. The van der Waals surface area contributed by atoms with E-state index in [1.165, 1.54) is 0 Å². The summed E-state index contributed by atoms with van der Waals surface area (Å²) in [5.41, 5.74) is 4.54. The fourth-order valence-corrected chi connectivity index (χ4v) is 1.83. The lowest BCUT2D eigenvalue weighted by Crippen LogP contribution is -1.90. The number of hydrogen-bond donors (Lipinski definition) is 1. The van der Waals surface area contributed by atoms with Gasteiger partial charge in [-0.1, -0.05) is 46.9 Å². The molecule has 0 unspecified atom stereocenters. The molecule has 5 heteroatoms. The highest BCUT2D eigenvalue weighted by Gasteiger charge is 1.97. The van der Waals surface area contributed by atoms with Crippen LogP contribution in [0.5, 0.6) is 0 Å². The van der Waals surface area contributed by atoms with Crippen LogP contribution in [0.25, 0.3) is 0 Å². The molecule has 0 saturated heterocycles. The topological polar surface area (TPSA) is 24.4 Å². The molecule has 0 heterocycles. The fourth-order valence-electron chi connectivity index (χ4n) is 1.33. The summed E-state index contributed by atoms with van der Waals surface area (Å²) < 4.78 is 0. The van der Waals surface area contributed by atoms with Crippen LogP contribution in [0.3, 0.4) is 0 Å². The Kier molecular flexibility index (Phi) is 4.48. The summed E-state index contributed by atoms with van der Waals surface area (Å²) in [6.07, 6.45) is 1.67. The molecule has 18 heavy (non-hydrogen) atoms. The fraction of sp³-hybridized carbons (Fsp3) is 0. The van der Waals surface area contributed by atoms with Crippen molar-refractivity contribution < 1.29 is 0 Å². The van der Waals surface area contributed by atoms with E-state index in [1.54, 1.807) is 24.4 Å². The first-order valence-electron chi connectivity index (χ1n) is 5.15. The average Bonchev–Trinajstić information content (AvgIpc) is 2.34. The zero-order chi connectivity index (χ0) is 13.0. The molecule has 0 bridgehead atoms. The summed E-state index contributed by atoms with van der Waals surface area (Å²) in [5.74, 6) is 0. The van der Waals surface area contributed by atoms with Crippen molar-refractivity contribution in [1.82, 2.24) is 0 Å². The molecule has 2 aromatic rings. The second-order valence-corrected chi connectivity index (χ2v) is 4.80. The molecule has 1 N–H and O–H groups in total. The molecular formula is C13H9Cl3N2. The Hall–Kier alpha value is -1.22. The van der Waals surface area contributed by atoms with Gasteiger partial charge in [0.1, 0.15) is 0 Å².